The Labute approximate surface area is 158 Å². The molecular weight excluding hydrogens is 346 g/mol. The molecule has 1 fully saturated rings. The lowest BCUT2D eigenvalue weighted by molar-refractivity contribution is -0.881. The maximum atomic E-state index is 12.5. The summed E-state index contributed by atoms with van der Waals surface area (Å²) in [7, 11) is 3.98. The van der Waals surface area contributed by atoms with E-state index in [0.717, 1.165) is 18.4 Å². The lowest BCUT2D eigenvalue weighted by Crippen LogP contribution is -2.51. The van der Waals surface area contributed by atoms with E-state index in [2.05, 4.69) is 26.5 Å². The summed E-state index contributed by atoms with van der Waals surface area (Å²) in [6, 6.07) is 5.95. The van der Waals surface area contributed by atoms with Crippen LogP contribution in [0.3, 0.4) is 0 Å². The van der Waals surface area contributed by atoms with Crippen LogP contribution in [0.25, 0.3) is 11.4 Å². The van der Waals surface area contributed by atoms with E-state index >= 15 is 0 Å². The Hall–Kier alpha value is -2.99. The normalized spacial score (nSPS) is 16.9. The zero-order valence-corrected chi connectivity index (χ0v) is 15.6. The maximum Gasteiger partial charge on any atom is 0.322 e. The molecule has 2 aromatic heterocycles. The molecule has 0 aliphatic carbocycles. The highest BCUT2D eigenvalue weighted by atomic mass is 16.5. The van der Waals surface area contributed by atoms with E-state index in [9.17, 15) is 4.79 Å². The van der Waals surface area contributed by atoms with Crippen molar-refractivity contribution >= 4 is 11.9 Å². The van der Waals surface area contributed by atoms with Crippen LogP contribution in [0.15, 0.2) is 29.0 Å². The molecule has 1 N–H and O–H groups in total. The number of likely N-dealkylation sites (tertiary alicyclic amines) is 1. The molecule has 0 aromatic carbocycles. The minimum absolute atomic E-state index is 0.0284. The third-order valence-electron chi connectivity index (χ3n) is 4.62. The fourth-order valence-corrected chi connectivity index (χ4v) is 3.11. The van der Waals surface area contributed by atoms with Crippen molar-refractivity contribution in [3.63, 3.8) is 0 Å². The van der Waals surface area contributed by atoms with Gasteiger partial charge in [-0.2, -0.15) is 10.2 Å². The summed E-state index contributed by atoms with van der Waals surface area (Å²) in [6.07, 6.45) is 5.03. The van der Waals surface area contributed by atoms with Gasteiger partial charge in [-0.3, -0.25) is 9.78 Å². The molecule has 1 atom stereocenters. The number of rotatable bonds is 7. The van der Waals surface area contributed by atoms with Crippen LogP contribution in [0.5, 0.6) is 0 Å². The molecule has 0 bridgehead atoms. The zero-order chi connectivity index (χ0) is 19.3. The van der Waals surface area contributed by atoms with Gasteiger partial charge in [0.1, 0.15) is 6.04 Å². The lowest BCUT2D eigenvalue weighted by atomic mass is 10.2. The Morgan fingerprint density at radius 1 is 1.52 bits per heavy atom. The highest BCUT2D eigenvalue weighted by Gasteiger charge is 2.32. The molecule has 0 saturated carbocycles. The Kier molecular flexibility index (Phi) is 5.66. The van der Waals surface area contributed by atoms with E-state index in [-0.39, 0.29) is 11.9 Å². The van der Waals surface area contributed by atoms with Gasteiger partial charge in [-0.1, -0.05) is 5.16 Å². The molecule has 9 heteroatoms. The molecule has 1 amide bonds. The summed E-state index contributed by atoms with van der Waals surface area (Å²) in [4.78, 5) is 22.5. The van der Waals surface area contributed by atoms with E-state index in [4.69, 9.17) is 9.78 Å². The molecule has 1 saturated heterocycles. The van der Waals surface area contributed by atoms with E-state index in [0.29, 0.717) is 42.5 Å². The number of likely N-dealkylation sites (N-methyl/N-ethyl adjacent to an activating group) is 1. The first-order valence-corrected chi connectivity index (χ1v) is 8.97. The molecular formula is C18H24N7O2+. The predicted molar refractivity (Wildman–Crippen MR) is 98.2 cm³/mol. The van der Waals surface area contributed by atoms with Crippen molar-refractivity contribution in [2.75, 3.05) is 45.6 Å². The summed E-state index contributed by atoms with van der Waals surface area (Å²) in [5.74, 6) is 0.506. The largest absolute Gasteiger partial charge is 0.332 e. The topological polar surface area (TPSA) is 108 Å². The Bertz CT molecular complexity index is 813. The summed E-state index contributed by atoms with van der Waals surface area (Å²) in [6.45, 7) is 2.30. The van der Waals surface area contributed by atoms with Crippen LogP contribution in [-0.4, -0.2) is 76.7 Å². The van der Waals surface area contributed by atoms with E-state index in [1.54, 1.807) is 17.3 Å². The molecule has 27 heavy (non-hydrogen) atoms. The van der Waals surface area contributed by atoms with Crippen molar-refractivity contribution in [1.82, 2.24) is 20.0 Å². The van der Waals surface area contributed by atoms with Gasteiger partial charge >= 0.3 is 6.01 Å². The zero-order valence-electron chi connectivity index (χ0n) is 15.6. The van der Waals surface area contributed by atoms with Crippen LogP contribution in [0.1, 0.15) is 12.8 Å². The molecule has 9 nitrogen and oxygen atoms in total. The van der Waals surface area contributed by atoms with Gasteiger partial charge in [0.15, 0.2) is 6.54 Å². The van der Waals surface area contributed by atoms with Crippen LogP contribution in [0.2, 0.25) is 0 Å². The first-order valence-electron chi connectivity index (χ1n) is 8.97. The van der Waals surface area contributed by atoms with Gasteiger partial charge in [-0.05, 0) is 25.0 Å². The summed E-state index contributed by atoms with van der Waals surface area (Å²) in [5, 5.41) is 16.2. The number of hydrogen-bond acceptors (Lipinski definition) is 7. The van der Waals surface area contributed by atoms with Gasteiger partial charge < -0.3 is 19.2 Å². The molecule has 142 valence electrons. The van der Waals surface area contributed by atoms with Gasteiger partial charge in [0.25, 0.3) is 5.91 Å². The standard InChI is InChI=1S/C18H24N7O2/c1-25(2,13-16(26)24-9-4-6-15(24)11-19)10-8-21-18-22-17(23-27-18)14-5-3-7-20-12-14/h3,5,7,12,15H,4,6,8-10,13H2,1-2H3,(H,21,22,23)/q+1/t15-/m0/s1. The summed E-state index contributed by atoms with van der Waals surface area (Å²) < 4.78 is 5.71. The monoisotopic (exact) mass is 370 g/mol. The molecule has 3 rings (SSSR count). The van der Waals surface area contributed by atoms with Crippen molar-refractivity contribution in [1.29, 1.82) is 5.26 Å². The van der Waals surface area contributed by atoms with Crippen molar-refractivity contribution in [2.45, 2.75) is 18.9 Å². The second-order valence-corrected chi connectivity index (χ2v) is 7.28. The van der Waals surface area contributed by atoms with Gasteiger partial charge in [-0.25, -0.2) is 0 Å². The Balaban J connectivity index is 1.49. The predicted octanol–water partition coefficient (Wildman–Crippen LogP) is 1.13. The van der Waals surface area contributed by atoms with Gasteiger partial charge in [-0.15, -0.1) is 0 Å². The first-order chi connectivity index (χ1) is 13.0. The number of nitriles is 1. The lowest BCUT2D eigenvalue weighted by Gasteiger charge is -2.31. The first kappa shape index (κ1) is 18.8. The smallest absolute Gasteiger partial charge is 0.322 e. The number of carbonyl (C=O) groups excluding carboxylic acids is 1. The van der Waals surface area contributed by atoms with Crippen molar-refractivity contribution < 1.29 is 13.8 Å². The minimum atomic E-state index is -0.278. The van der Waals surface area contributed by atoms with Crippen molar-refractivity contribution in [3.8, 4) is 17.5 Å². The van der Waals surface area contributed by atoms with Crippen LogP contribution in [-0.2, 0) is 4.79 Å². The Morgan fingerprint density at radius 2 is 2.37 bits per heavy atom. The number of amides is 1. The van der Waals surface area contributed by atoms with E-state index in [1.165, 1.54) is 0 Å². The fourth-order valence-electron chi connectivity index (χ4n) is 3.11. The maximum absolute atomic E-state index is 12.5. The average Bonchev–Trinajstić information content (AvgIpc) is 3.31. The fraction of sp³-hybridized carbons (Fsp3) is 0.500. The van der Waals surface area contributed by atoms with Crippen molar-refractivity contribution in [2.24, 2.45) is 0 Å². The third kappa shape index (κ3) is 4.80. The quantitative estimate of drug-likeness (QED) is 0.728. The van der Waals surface area contributed by atoms with Gasteiger partial charge in [0.2, 0.25) is 5.82 Å². The molecule has 0 spiro atoms. The molecule has 1 aliphatic rings. The SMILES string of the molecule is C[N+](C)(CCNc1nc(-c2cccnc2)no1)CC(=O)N1CCC[C@H]1C#N. The van der Waals surface area contributed by atoms with Crippen LogP contribution >= 0.6 is 0 Å². The van der Waals surface area contributed by atoms with Gasteiger partial charge in [0, 0.05) is 24.5 Å². The highest BCUT2D eigenvalue weighted by molar-refractivity contribution is 5.78. The number of carbonyl (C=O) groups is 1. The number of pyridine rings is 1. The molecule has 1 aliphatic heterocycles. The van der Waals surface area contributed by atoms with E-state index < -0.39 is 0 Å². The third-order valence-corrected chi connectivity index (χ3v) is 4.62. The second-order valence-electron chi connectivity index (χ2n) is 7.28. The van der Waals surface area contributed by atoms with Crippen LogP contribution < -0.4 is 5.32 Å². The number of hydrogen-bond donors (Lipinski definition) is 1. The number of nitrogens with one attached hydrogen (secondary N) is 1. The molecule has 3 heterocycles. The minimum Gasteiger partial charge on any atom is -0.332 e. The summed E-state index contributed by atoms with van der Waals surface area (Å²) >= 11 is 0. The second kappa shape index (κ2) is 8.14. The van der Waals surface area contributed by atoms with Crippen LogP contribution in [0.4, 0.5) is 6.01 Å². The van der Waals surface area contributed by atoms with E-state index in [1.807, 2.05) is 26.2 Å². The Morgan fingerprint density at radius 3 is 3.11 bits per heavy atom. The number of quaternary nitrogens is 1. The molecule has 0 unspecified atom stereocenters. The summed E-state index contributed by atoms with van der Waals surface area (Å²) in [5.41, 5.74) is 0.786. The number of anilines is 1. The number of nitrogens with zero attached hydrogens (tertiary/aromatic N) is 6. The van der Waals surface area contributed by atoms with Crippen molar-refractivity contribution in [3.05, 3.63) is 24.5 Å². The average molecular weight is 370 g/mol. The van der Waals surface area contributed by atoms with Gasteiger partial charge in [0.05, 0.1) is 33.3 Å². The number of aromatic nitrogens is 3. The van der Waals surface area contributed by atoms with Crippen LogP contribution in [0, 0.1) is 11.3 Å². The molecule has 0 radical (unpaired) electrons. The molecule has 2 aromatic rings. The highest BCUT2D eigenvalue weighted by Crippen LogP contribution is 2.18.